The van der Waals surface area contributed by atoms with Crippen molar-refractivity contribution in [1.82, 2.24) is 14.7 Å². The molecule has 3 heterocycles. The van der Waals surface area contributed by atoms with E-state index in [0.717, 1.165) is 35.5 Å². The largest absolute Gasteiger partial charge is 0.346 e. The lowest BCUT2D eigenvalue weighted by molar-refractivity contribution is 0.0954. The van der Waals surface area contributed by atoms with Crippen molar-refractivity contribution < 1.29 is 4.79 Å². The van der Waals surface area contributed by atoms with Gasteiger partial charge in [-0.15, -0.1) is 11.3 Å². The number of nitrogens with zero attached hydrogens (tertiary/aromatic N) is 2. The summed E-state index contributed by atoms with van der Waals surface area (Å²) in [5.41, 5.74) is 3.06. The number of fused-ring (bicyclic) bond motifs is 1. The zero-order valence-corrected chi connectivity index (χ0v) is 14.3. The van der Waals surface area contributed by atoms with Gasteiger partial charge >= 0.3 is 0 Å². The Morgan fingerprint density at radius 1 is 1.35 bits per heavy atom. The number of nitrogens with one attached hydrogen (secondary N) is 1. The van der Waals surface area contributed by atoms with E-state index >= 15 is 0 Å². The highest BCUT2D eigenvalue weighted by Crippen LogP contribution is 2.24. The standard InChI is InChI=1S/C18H21N3OS/c1-3-7-15-13(4-2)10-16(23-15)18(22)19-11-14-12-21-9-6-5-8-17(21)20-14/h5-6,8-10,12H,3-4,7,11H2,1-2H3,(H,19,22). The van der Waals surface area contributed by atoms with Crippen LogP contribution in [-0.4, -0.2) is 15.3 Å². The number of amides is 1. The van der Waals surface area contributed by atoms with Crippen molar-refractivity contribution in [2.24, 2.45) is 0 Å². The van der Waals surface area contributed by atoms with Gasteiger partial charge in [-0.05, 0) is 36.6 Å². The summed E-state index contributed by atoms with van der Waals surface area (Å²) in [7, 11) is 0. The van der Waals surface area contributed by atoms with Crippen LogP contribution in [0.2, 0.25) is 0 Å². The Balaban J connectivity index is 1.69. The summed E-state index contributed by atoms with van der Waals surface area (Å²) >= 11 is 1.62. The van der Waals surface area contributed by atoms with Crippen LogP contribution in [0.3, 0.4) is 0 Å². The average molecular weight is 327 g/mol. The van der Waals surface area contributed by atoms with Crippen molar-refractivity contribution in [3.05, 3.63) is 57.7 Å². The smallest absolute Gasteiger partial charge is 0.261 e. The van der Waals surface area contributed by atoms with Gasteiger partial charge in [0.2, 0.25) is 0 Å². The zero-order chi connectivity index (χ0) is 16.2. The van der Waals surface area contributed by atoms with Gasteiger partial charge in [0.1, 0.15) is 5.65 Å². The molecule has 120 valence electrons. The molecule has 0 saturated heterocycles. The highest BCUT2D eigenvalue weighted by atomic mass is 32.1. The summed E-state index contributed by atoms with van der Waals surface area (Å²) in [6.07, 6.45) is 7.04. The van der Waals surface area contributed by atoms with Gasteiger partial charge < -0.3 is 9.72 Å². The molecule has 1 N–H and O–H groups in total. The van der Waals surface area contributed by atoms with Crippen LogP contribution >= 0.6 is 11.3 Å². The lowest BCUT2D eigenvalue weighted by atomic mass is 10.1. The number of carbonyl (C=O) groups is 1. The van der Waals surface area contributed by atoms with E-state index in [1.54, 1.807) is 11.3 Å². The second kappa shape index (κ2) is 6.96. The van der Waals surface area contributed by atoms with Crippen LogP contribution in [0.25, 0.3) is 5.65 Å². The molecule has 3 rings (SSSR count). The average Bonchev–Trinajstić information content (AvgIpc) is 3.16. The first-order valence-corrected chi connectivity index (χ1v) is 8.85. The lowest BCUT2D eigenvalue weighted by Gasteiger charge is -2.00. The van der Waals surface area contributed by atoms with Crippen LogP contribution in [0.5, 0.6) is 0 Å². The Morgan fingerprint density at radius 2 is 2.22 bits per heavy atom. The maximum Gasteiger partial charge on any atom is 0.261 e. The van der Waals surface area contributed by atoms with Crippen molar-refractivity contribution in [3.8, 4) is 0 Å². The van der Waals surface area contributed by atoms with Crippen LogP contribution in [-0.2, 0) is 19.4 Å². The molecule has 23 heavy (non-hydrogen) atoms. The van der Waals surface area contributed by atoms with Gasteiger partial charge in [-0.25, -0.2) is 4.98 Å². The van der Waals surface area contributed by atoms with Gasteiger partial charge in [0.15, 0.2) is 0 Å². The molecule has 0 aliphatic rings. The van der Waals surface area contributed by atoms with Crippen molar-refractivity contribution >= 4 is 22.9 Å². The van der Waals surface area contributed by atoms with E-state index in [2.05, 4.69) is 24.1 Å². The maximum atomic E-state index is 12.4. The molecule has 0 aliphatic carbocycles. The molecule has 0 aromatic carbocycles. The molecule has 0 atom stereocenters. The Bertz CT molecular complexity index is 786. The van der Waals surface area contributed by atoms with Crippen LogP contribution in [0.15, 0.2) is 36.7 Å². The SMILES string of the molecule is CCCc1sc(C(=O)NCc2cn3ccccc3n2)cc1CC. The normalized spacial score (nSPS) is 11.0. The first kappa shape index (κ1) is 15.7. The third kappa shape index (κ3) is 3.45. The molecule has 0 unspecified atom stereocenters. The van der Waals surface area contributed by atoms with Gasteiger partial charge in [0, 0.05) is 17.3 Å². The summed E-state index contributed by atoms with van der Waals surface area (Å²) in [5.74, 6) is -0.0101. The molecule has 3 aromatic heterocycles. The monoisotopic (exact) mass is 327 g/mol. The summed E-state index contributed by atoms with van der Waals surface area (Å²) < 4.78 is 1.96. The predicted octanol–water partition coefficient (Wildman–Crippen LogP) is 3.84. The number of aromatic nitrogens is 2. The number of hydrogen-bond acceptors (Lipinski definition) is 3. The van der Waals surface area contributed by atoms with E-state index in [1.165, 1.54) is 10.4 Å². The molecule has 0 saturated carbocycles. The number of aryl methyl sites for hydroxylation is 2. The first-order chi connectivity index (χ1) is 11.2. The molecule has 0 aliphatic heterocycles. The fourth-order valence-electron chi connectivity index (χ4n) is 2.65. The van der Waals surface area contributed by atoms with Crippen molar-refractivity contribution in [2.45, 2.75) is 39.7 Å². The summed E-state index contributed by atoms with van der Waals surface area (Å²) in [5, 5.41) is 2.98. The summed E-state index contributed by atoms with van der Waals surface area (Å²) in [4.78, 5) is 19.0. The number of carbonyl (C=O) groups excluding carboxylic acids is 1. The first-order valence-electron chi connectivity index (χ1n) is 8.03. The van der Waals surface area contributed by atoms with Crippen molar-refractivity contribution in [2.75, 3.05) is 0 Å². The maximum absolute atomic E-state index is 12.4. The Hall–Kier alpha value is -2.14. The van der Waals surface area contributed by atoms with Gasteiger partial charge in [0.25, 0.3) is 5.91 Å². The van der Waals surface area contributed by atoms with E-state index in [9.17, 15) is 4.79 Å². The molecule has 0 spiro atoms. The molecule has 3 aromatic rings. The topological polar surface area (TPSA) is 46.4 Å². The van der Waals surface area contributed by atoms with E-state index in [-0.39, 0.29) is 5.91 Å². The van der Waals surface area contributed by atoms with Gasteiger partial charge in [-0.2, -0.15) is 0 Å². The number of imidazole rings is 1. The second-order valence-electron chi connectivity index (χ2n) is 5.54. The minimum Gasteiger partial charge on any atom is -0.346 e. The van der Waals surface area contributed by atoms with Crippen molar-refractivity contribution in [1.29, 1.82) is 0 Å². The highest BCUT2D eigenvalue weighted by Gasteiger charge is 2.13. The molecular formula is C18H21N3OS. The molecule has 1 amide bonds. The number of rotatable bonds is 6. The Labute approximate surface area is 140 Å². The number of hydrogen-bond donors (Lipinski definition) is 1. The molecular weight excluding hydrogens is 306 g/mol. The molecule has 4 nitrogen and oxygen atoms in total. The van der Waals surface area contributed by atoms with E-state index in [0.29, 0.717) is 6.54 Å². The number of pyridine rings is 1. The predicted molar refractivity (Wildman–Crippen MR) is 94.1 cm³/mol. The van der Waals surface area contributed by atoms with Gasteiger partial charge in [-0.3, -0.25) is 4.79 Å². The van der Waals surface area contributed by atoms with Gasteiger partial charge in [0.05, 0.1) is 17.1 Å². The lowest BCUT2D eigenvalue weighted by Crippen LogP contribution is -2.21. The van der Waals surface area contributed by atoms with Crippen LogP contribution in [0.4, 0.5) is 0 Å². The molecule has 5 heteroatoms. The molecule has 0 radical (unpaired) electrons. The quantitative estimate of drug-likeness (QED) is 0.747. The Morgan fingerprint density at radius 3 is 2.96 bits per heavy atom. The fourth-order valence-corrected chi connectivity index (χ4v) is 3.92. The highest BCUT2D eigenvalue weighted by molar-refractivity contribution is 7.14. The van der Waals surface area contributed by atoms with E-state index in [1.807, 2.05) is 41.1 Å². The van der Waals surface area contributed by atoms with Crippen LogP contribution < -0.4 is 5.32 Å². The molecule has 0 fully saturated rings. The van der Waals surface area contributed by atoms with E-state index in [4.69, 9.17) is 0 Å². The van der Waals surface area contributed by atoms with Crippen LogP contribution in [0, 0.1) is 0 Å². The van der Waals surface area contributed by atoms with Crippen molar-refractivity contribution in [3.63, 3.8) is 0 Å². The summed E-state index contributed by atoms with van der Waals surface area (Å²) in [6.45, 7) is 4.75. The minimum absolute atomic E-state index is 0.0101. The third-order valence-corrected chi connectivity index (χ3v) is 5.06. The van der Waals surface area contributed by atoms with Gasteiger partial charge in [-0.1, -0.05) is 26.3 Å². The van der Waals surface area contributed by atoms with Crippen LogP contribution in [0.1, 0.15) is 46.1 Å². The number of thiophene rings is 1. The third-order valence-electron chi connectivity index (χ3n) is 3.82. The Kier molecular flexibility index (Phi) is 4.76. The second-order valence-corrected chi connectivity index (χ2v) is 6.68. The fraction of sp³-hybridized carbons (Fsp3) is 0.333. The molecule has 0 bridgehead atoms. The zero-order valence-electron chi connectivity index (χ0n) is 13.5. The minimum atomic E-state index is -0.0101. The summed E-state index contributed by atoms with van der Waals surface area (Å²) in [6, 6.07) is 7.91. The van der Waals surface area contributed by atoms with E-state index < -0.39 is 0 Å².